The Morgan fingerprint density at radius 2 is 2.50 bits per heavy atom. The predicted octanol–water partition coefficient (Wildman–Crippen LogP) is 1.59. The second-order valence-corrected chi connectivity index (χ2v) is 2.35. The van der Waals surface area contributed by atoms with Gasteiger partial charge < -0.3 is 0 Å². The first-order valence-corrected chi connectivity index (χ1v) is 3.32. The van der Waals surface area contributed by atoms with E-state index in [2.05, 4.69) is 4.99 Å². The largest absolute Gasteiger partial charge is 0.241 e. The lowest BCUT2D eigenvalue weighted by Gasteiger charge is -1.77. The van der Waals surface area contributed by atoms with Gasteiger partial charge in [0.1, 0.15) is 11.1 Å². The number of rotatable bonds is 1. The summed E-state index contributed by atoms with van der Waals surface area (Å²) < 4.78 is 0. The lowest BCUT2D eigenvalue weighted by Crippen LogP contribution is -1.62. The molecule has 0 aliphatic heterocycles. The first-order valence-electron chi connectivity index (χ1n) is 2.44. The fourth-order valence-electron chi connectivity index (χ4n) is 0.514. The fourth-order valence-corrected chi connectivity index (χ4v) is 1.18. The molecule has 0 radical (unpaired) electrons. The quantitative estimate of drug-likeness (QED) is 0.451. The van der Waals surface area contributed by atoms with Gasteiger partial charge in [0.25, 0.3) is 0 Å². The van der Waals surface area contributed by atoms with Crippen molar-refractivity contribution in [1.29, 1.82) is 5.26 Å². The molecule has 0 saturated carbocycles. The molecule has 0 spiro atoms. The molecule has 1 aromatic heterocycles. The third-order valence-corrected chi connectivity index (χ3v) is 1.72. The number of hydrogen-bond acceptors (Lipinski definition) is 4. The molecule has 0 fully saturated rings. The van der Waals surface area contributed by atoms with E-state index in [1.165, 1.54) is 17.4 Å². The van der Waals surface area contributed by atoms with Crippen molar-refractivity contribution in [2.75, 3.05) is 0 Å². The van der Waals surface area contributed by atoms with Gasteiger partial charge in [-0.05, 0) is 11.4 Å². The fraction of sp³-hybridized carbons (Fsp3) is 0. The molecule has 48 valence electrons. The molecule has 0 amide bonds. The summed E-state index contributed by atoms with van der Waals surface area (Å²) in [5.41, 5.74) is 0.424. The first kappa shape index (κ1) is 6.69. The minimum Gasteiger partial charge on any atom is -0.211 e. The van der Waals surface area contributed by atoms with Gasteiger partial charge in [0.05, 0.1) is 5.56 Å². The summed E-state index contributed by atoms with van der Waals surface area (Å²) >= 11 is 1.25. The van der Waals surface area contributed by atoms with Gasteiger partial charge in [0.15, 0.2) is 0 Å². The lowest BCUT2D eigenvalue weighted by molar-refractivity contribution is 0.565. The van der Waals surface area contributed by atoms with E-state index in [1.54, 1.807) is 11.4 Å². The van der Waals surface area contributed by atoms with E-state index >= 15 is 0 Å². The highest BCUT2D eigenvalue weighted by Crippen LogP contribution is 2.24. The Bertz CT molecular complexity index is 317. The van der Waals surface area contributed by atoms with E-state index in [9.17, 15) is 4.79 Å². The molecule has 10 heavy (non-hydrogen) atoms. The van der Waals surface area contributed by atoms with Crippen molar-refractivity contribution in [2.45, 2.75) is 0 Å². The van der Waals surface area contributed by atoms with Crippen molar-refractivity contribution in [2.24, 2.45) is 4.99 Å². The molecule has 1 heterocycles. The van der Waals surface area contributed by atoms with Gasteiger partial charge in [-0.2, -0.15) is 10.3 Å². The molecular weight excluding hydrogens is 148 g/mol. The van der Waals surface area contributed by atoms with Gasteiger partial charge in [0, 0.05) is 0 Å². The number of thiophene rings is 1. The molecule has 1 rings (SSSR count). The summed E-state index contributed by atoms with van der Waals surface area (Å²) in [7, 11) is 0. The van der Waals surface area contributed by atoms with Crippen molar-refractivity contribution in [1.82, 2.24) is 0 Å². The van der Waals surface area contributed by atoms with Gasteiger partial charge in [-0.1, -0.05) is 0 Å². The molecule has 1 aromatic rings. The highest BCUT2D eigenvalue weighted by molar-refractivity contribution is 7.14. The minimum atomic E-state index is 0.424. The van der Waals surface area contributed by atoms with Gasteiger partial charge in [0.2, 0.25) is 6.08 Å². The zero-order chi connectivity index (χ0) is 7.40. The topological polar surface area (TPSA) is 53.2 Å². The molecule has 4 heteroatoms. The van der Waals surface area contributed by atoms with Crippen LogP contribution < -0.4 is 0 Å². The molecule has 0 unspecified atom stereocenters. The molecular formula is C6H2N2OS. The van der Waals surface area contributed by atoms with E-state index in [-0.39, 0.29) is 0 Å². The van der Waals surface area contributed by atoms with Crippen molar-refractivity contribution in [3.63, 3.8) is 0 Å². The molecule has 0 bridgehead atoms. The van der Waals surface area contributed by atoms with Crippen LogP contribution in [0.25, 0.3) is 0 Å². The second kappa shape index (κ2) is 2.92. The molecule has 0 aliphatic carbocycles. The Balaban J connectivity index is 3.16. The molecule has 3 nitrogen and oxygen atoms in total. The van der Waals surface area contributed by atoms with E-state index < -0.39 is 0 Å². The zero-order valence-corrected chi connectivity index (χ0v) is 5.68. The first-order chi connectivity index (χ1) is 4.88. The smallest absolute Gasteiger partial charge is 0.211 e. The lowest BCUT2D eigenvalue weighted by atomic mass is 10.4. The number of nitriles is 1. The van der Waals surface area contributed by atoms with E-state index in [1.807, 2.05) is 6.07 Å². The molecule has 0 atom stereocenters. The number of hydrogen-bond donors (Lipinski definition) is 0. The minimum absolute atomic E-state index is 0.424. The number of isocyanates is 1. The SMILES string of the molecule is N#Cc1ccsc1N=C=O. The highest BCUT2D eigenvalue weighted by atomic mass is 32.1. The van der Waals surface area contributed by atoms with Crippen LogP contribution in [0.3, 0.4) is 0 Å². The summed E-state index contributed by atoms with van der Waals surface area (Å²) in [6, 6.07) is 3.51. The maximum absolute atomic E-state index is 9.75. The van der Waals surface area contributed by atoms with Gasteiger partial charge >= 0.3 is 0 Å². The normalized spacial score (nSPS) is 7.90. The van der Waals surface area contributed by atoms with Gasteiger partial charge in [-0.3, -0.25) is 0 Å². The summed E-state index contributed by atoms with van der Waals surface area (Å²) in [6.07, 6.45) is 1.38. The number of nitrogens with zero attached hydrogens (tertiary/aromatic N) is 2. The predicted molar refractivity (Wildman–Crippen MR) is 36.8 cm³/mol. The maximum atomic E-state index is 9.75. The van der Waals surface area contributed by atoms with Crippen LogP contribution in [0.2, 0.25) is 0 Å². The summed E-state index contributed by atoms with van der Waals surface area (Å²) in [5.74, 6) is 0. The van der Waals surface area contributed by atoms with Crippen LogP contribution in [0.1, 0.15) is 5.56 Å². The highest BCUT2D eigenvalue weighted by Gasteiger charge is 1.99. The van der Waals surface area contributed by atoms with Gasteiger partial charge in [-0.25, -0.2) is 4.79 Å². The summed E-state index contributed by atoms with van der Waals surface area (Å²) in [6.45, 7) is 0. The zero-order valence-electron chi connectivity index (χ0n) is 4.87. The van der Waals surface area contributed by atoms with Crippen LogP contribution in [0.4, 0.5) is 5.00 Å². The molecule has 0 aliphatic rings. The molecule has 0 N–H and O–H groups in total. The van der Waals surface area contributed by atoms with Crippen molar-refractivity contribution in [3.8, 4) is 6.07 Å². The Labute approximate surface area is 61.3 Å². The maximum Gasteiger partial charge on any atom is 0.241 e. The Morgan fingerprint density at radius 3 is 3.10 bits per heavy atom. The number of aliphatic imine (C=N–C) groups is 1. The van der Waals surface area contributed by atoms with Crippen LogP contribution in [-0.4, -0.2) is 6.08 Å². The third kappa shape index (κ3) is 1.11. The van der Waals surface area contributed by atoms with Gasteiger partial charge in [-0.15, -0.1) is 11.3 Å². The monoisotopic (exact) mass is 150 g/mol. The summed E-state index contributed by atoms with van der Waals surface area (Å²) in [5, 5.41) is 10.5. The van der Waals surface area contributed by atoms with Crippen LogP contribution in [0, 0.1) is 11.3 Å². The van der Waals surface area contributed by atoms with E-state index in [4.69, 9.17) is 5.26 Å². The Kier molecular flexibility index (Phi) is 1.96. The van der Waals surface area contributed by atoms with Crippen molar-refractivity contribution in [3.05, 3.63) is 17.0 Å². The van der Waals surface area contributed by atoms with Crippen LogP contribution in [0.5, 0.6) is 0 Å². The van der Waals surface area contributed by atoms with Crippen LogP contribution >= 0.6 is 11.3 Å². The molecule has 0 saturated heterocycles. The average Bonchev–Trinajstić information content (AvgIpc) is 2.36. The third-order valence-electron chi connectivity index (χ3n) is 0.912. The molecule has 0 aromatic carbocycles. The Hall–Kier alpha value is -1.43. The van der Waals surface area contributed by atoms with Crippen molar-refractivity contribution < 1.29 is 4.79 Å². The van der Waals surface area contributed by atoms with Crippen LogP contribution in [0.15, 0.2) is 16.4 Å². The van der Waals surface area contributed by atoms with Crippen LogP contribution in [-0.2, 0) is 4.79 Å². The summed E-state index contributed by atoms with van der Waals surface area (Å²) in [4.78, 5) is 13.1. The average molecular weight is 150 g/mol. The number of carbonyl (C=O) groups excluding carboxylic acids is 1. The standard InChI is InChI=1S/C6H2N2OS/c7-3-5-1-2-10-6(5)8-4-9/h1-2H. The second-order valence-electron chi connectivity index (χ2n) is 1.45. The Morgan fingerprint density at radius 1 is 1.70 bits per heavy atom. The van der Waals surface area contributed by atoms with E-state index in [0.717, 1.165) is 0 Å². The van der Waals surface area contributed by atoms with Crippen molar-refractivity contribution >= 4 is 22.4 Å². The van der Waals surface area contributed by atoms with E-state index in [0.29, 0.717) is 10.6 Å².